The molecule has 162 valence electrons. The molecule has 5 heteroatoms. The van der Waals surface area contributed by atoms with Gasteiger partial charge >= 0.3 is 0 Å². The summed E-state index contributed by atoms with van der Waals surface area (Å²) in [5, 5.41) is 12.3. The Morgan fingerprint density at radius 2 is 2.03 bits per heavy atom. The molecule has 4 aliphatic rings. The van der Waals surface area contributed by atoms with E-state index >= 15 is 0 Å². The molecule has 0 fully saturated rings. The van der Waals surface area contributed by atoms with E-state index in [1.165, 1.54) is 34.4 Å². The van der Waals surface area contributed by atoms with E-state index in [1.807, 2.05) is 6.20 Å². The first kappa shape index (κ1) is 19.6. The van der Waals surface area contributed by atoms with Gasteiger partial charge < -0.3 is 5.32 Å². The summed E-state index contributed by atoms with van der Waals surface area (Å²) >= 11 is 0. The van der Waals surface area contributed by atoms with Crippen LogP contribution in [0.1, 0.15) is 56.9 Å². The highest BCUT2D eigenvalue weighted by Gasteiger charge is 2.54. The van der Waals surface area contributed by atoms with Crippen molar-refractivity contribution in [1.82, 2.24) is 10.3 Å². The van der Waals surface area contributed by atoms with Crippen molar-refractivity contribution >= 4 is 5.78 Å². The third-order valence-corrected chi connectivity index (χ3v) is 7.84. The van der Waals surface area contributed by atoms with Gasteiger partial charge in [-0.2, -0.15) is 5.11 Å². The molecule has 1 N–H and O–H groups in total. The molecule has 3 heterocycles. The van der Waals surface area contributed by atoms with Crippen LogP contribution in [0.25, 0.3) is 11.1 Å². The Kier molecular flexibility index (Phi) is 4.11. The number of dihydropyridines is 1. The number of carbonyl (C=O) groups excluding carboxylic acids is 1. The number of Topliss-reactive ketones (excluding diaryl/α,β-unsaturated/α-hetero) is 1. The van der Waals surface area contributed by atoms with Crippen molar-refractivity contribution in [3.8, 4) is 11.1 Å². The van der Waals surface area contributed by atoms with Gasteiger partial charge in [0.05, 0.1) is 12.0 Å². The molecule has 0 radical (unpaired) electrons. The highest BCUT2D eigenvalue weighted by Crippen LogP contribution is 2.55. The smallest absolute Gasteiger partial charge is 0.167 e. The van der Waals surface area contributed by atoms with E-state index in [9.17, 15) is 4.79 Å². The second kappa shape index (κ2) is 6.71. The van der Waals surface area contributed by atoms with Gasteiger partial charge in [-0.25, -0.2) is 0 Å². The predicted octanol–water partition coefficient (Wildman–Crippen LogP) is 5.42. The topological polar surface area (TPSA) is 66.7 Å². The minimum Gasteiger partial charge on any atom is -0.342 e. The number of nitrogens with zero attached hydrogens (tertiary/aromatic N) is 3. The summed E-state index contributed by atoms with van der Waals surface area (Å²) < 4.78 is 0. The zero-order valence-corrected chi connectivity index (χ0v) is 19.0. The van der Waals surface area contributed by atoms with Crippen LogP contribution >= 0.6 is 0 Å². The average Bonchev–Trinajstić information content (AvgIpc) is 3.51. The molecule has 1 unspecified atom stereocenters. The summed E-state index contributed by atoms with van der Waals surface area (Å²) in [5.41, 5.74) is 8.44. The molecule has 0 saturated carbocycles. The number of nitrogens with one attached hydrogen (secondary N) is 1. The van der Waals surface area contributed by atoms with Crippen molar-refractivity contribution in [3.63, 3.8) is 0 Å². The van der Waals surface area contributed by atoms with Crippen LogP contribution in [0.2, 0.25) is 0 Å². The third-order valence-electron chi connectivity index (χ3n) is 7.84. The van der Waals surface area contributed by atoms with Crippen molar-refractivity contribution in [3.05, 3.63) is 76.0 Å². The van der Waals surface area contributed by atoms with E-state index in [4.69, 9.17) is 0 Å². The van der Waals surface area contributed by atoms with Crippen molar-refractivity contribution in [1.29, 1.82) is 0 Å². The van der Waals surface area contributed by atoms with Gasteiger partial charge in [0.2, 0.25) is 0 Å². The number of fused-ring (bicyclic) bond motifs is 1. The first-order valence-corrected chi connectivity index (χ1v) is 11.7. The lowest BCUT2D eigenvalue weighted by atomic mass is 9.63. The summed E-state index contributed by atoms with van der Waals surface area (Å²) in [5.74, 6) is 1.09. The molecule has 0 saturated heterocycles. The Morgan fingerprint density at radius 3 is 2.88 bits per heavy atom. The van der Waals surface area contributed by atoms with Crippen LogP contribution in [0, 0.1) is 5.41 Å². The summed E-state index contributed by atoms with van der Waals surface area (Å²) in [6, 6.07) is 11.0. The minimum atomic E-state index is -0.490. The van der Waals surface area contributed by atoms with E-state index in [2.05, 4.69) is 71.6 Å². The van der Waals surface area contributed by atoms with Gasteiger partial charge in [-0.3, -0.25) is 9.78 Å². The highest BCUT2D eigenvalue weighted by atomic mass is 16.1. The molecule has 5 nitrogen and oxygen atoms in total. The molecule has 6 rings (SSSR count). The van der Waals surface area contributed by atoms with Gasteiger partial charge in [0.1, 0.15) is 0 Å². The Morgan fingerprint density at radius 1 is 1.16 bits per heavy atom. The molecule has 1 atom stereocenters. The maximum absolute atomic E-state index is 13.7. The lowest BCUT2D eigenvalue weighted by molar-refractivity contribution is -0.122. The molecule has 1 aromatic heterocycles. The summed E-state index contributed by atoms with van der Waals surface area (Å²) in [7, 11) is 0. The summed E-state index contributed by atoms with van der Waals surface area (Å²) in [6.07, 6.45) is 6.77. The number of hydrogen-bond donors (Lipinski definition) is 1. The van der Waals surface area contributed by atoms with E-state index in [0.717, 1.165) is 41.9 Å². The lowest BCUT2D eigenvalue weighted by Gasteiger charge is -2.40. The molecule has 0 bridgehead atoms. The fourth-order valence-corrected chi connectivity index (χ4v) is 6.29. The maximum atomic E-state index is 13.7. The van der Waals surface area contributed by atoms with E-state index in [1.54, 1.807) is 0 Å². The monoisotopic (exact) mass is 424 g/mol. The van der Waals surface area contributed by atoms with Gasteiger partial charge in [0, 0.05) is 40.6 Å². The first-order valence-electron chi connectivity index (χ1n) is 11.7. The third kappa shape index (κ3) is 2.51. The number of pyridine rings is 1. The fraction of sp³-hybridized carbons (Fsp3) is 0.407. The minimum absolute atomic E-state index is 0.246. The van der Waals surface area contributed by atoms with E-state index in [-0.39, 0.29) is 5.78 Å². The van der Waals surface area contributed by atoms with Crippen LogP contribution in [0.5, 0.6) is 0 Å². The van der Waals surface area contributed by atoms with Crippen LogP contribution in [0.4, 0.5) is 0 Å². The second-order valence-electron chi connectivity index (χ2n) is 10.1. The number of rotatable bonds is 3. The number of hydrogen-bond acceptors (Lipinski definition) is 5. The summed E-state index contributed by atoms with van der Waals surface area (Å²) in [4.78, 5) is 18.3. The van der Waals surface area contributed by atoms with Crippen molar-refractivity contribution < 1.29 is 4.79 Å². The molecule has 0 amide bonds. The van der Waals surface area contributed by atoms with Gasteiger partial charge in [0.25, 0.3) is 0 Å². The highest BCUT2D eigenvalue weighted by molar-refractivity contribution is 6.06. The number of carbonyl (C=O) groups is 1. The standard InChI is InChI=1S/C27H28N4O/c1-4-27(20-15-29-31-25(20)30-22-14-26(2,3)24(32)23(22)27)17-8-5-7-16(13-17)18-11-12-28-21-10-6-9-19(18)21/h5,7-8,11-13,30H,4,6,9-10,14-15H2,1-3H3. The zero-order chi connectivity index (χ0) is 22.1. The number of benzene rings is 1. The van der Waals surface area contributed by atoms with Gasteiger partial charge in [0.15, 0.2) is 11.6 Å². The number of allylic oxidation sites excluding steroid dienone is 2. The van der Waals surface area contributed by atoms with Crippen LogP contribution in [0.3, 0.4) is 0 Å². The van der Waals surface area contributed by atoms with Crippen LogP contribution < -0.4 is 5.32 Å². The molecule has 2 aliphatic carbocycles. The fourth-order valence-electron chi connectivity index (χ4n) is 6.29. The Labute approximate surface area is 188 Å². The van der Waals surface area contributed by atoms with Crippen LogP contribution in [-0.2, 0) is 23.1 Å². The van der Waals surface area contributed by atoms with Gasteiger partial charge in [-0.05, 0) is 60.1 Å². The Bertz CT molecular complexity index is 1270. The molecule has 2 aliphatic heterocycles. The molecular weight excluding hydrogens is 396 g/mol. The Balaban J connectivity index is 1.56. The Hall–Kier alpha value is -3.08. The predicted molar refractivity (Wildman–Crippen MR) is 124 cm³/mol. The molecular formula is C27H28N4O. The number of ketones is 1. The van der Waals surface area contributed by atoms with Crippen LogP contribution in [-0.4, -0.2) is 17.3 Å². The number of azo groups is 1. The summed E-state index contributed by atoms with van der Waals surface area (Å²) in [6.45, 7) is 6.84. The second-order valence-corrected chi connectivity index (χ2v) is 10.1. The largest absolute Gasteiger partial charge is 0.342 e. The SMILES string of the molecule is CCC1(c2cccc(-c3ccnc4c3CCC4)c2)C2=C(N=NC2)NC2=C1C(=O)C(C)(C)C2. The molecule has 2 aromatic rings. The number of aromatic nitrogens is 1. The van der Waals surface area contributed by atoms with Crippen molar-refractivity contribution in [2.24, 2.45) is 15.6 Å². The quantitative estimate of drug-likeness (QED) is 0.715. The zero-order valence-electron chi connectivity index (χ0n) is 19.0. The van der Waals surface area contributed by atoms with E-state index < -0.39 is 10.8 Å². The maximum Gasteiger partial charge on any atom is 0.167 e. The molecule has 1 aromatic carbocycles. The average molecular weight is 425 g/mol. The molecule has 32 heavy (non-hydrogen) atoms. The number of aryl methyl sites for hydroxylation is 1. The van der Waals surface area contributed by atoms with Crippen molar-refractivity contribution in [2.75, 3.05) is 6.54 Å². The van der Waals surface area contributed by atoms with Crippen molar-refractivity contribution in [2.45, 2.75) is 58.3 Å². The van der Waals surface area contributed by atoms with E-state index in [0.29, 0.717) is 13.0 Å². The normalized spacial score (nSPS) is 25.2. The first-order chi connectivity index (χ1) is 15.5. The van der Waals surface area contributed by atoms with Crippen LogP contribution in [0.15, 0.2) is 69.4 Å². The molecule has 0 spiro atoms. The van der Waals surface area contributed by atoms with Gasteiger partial charge in [-0.15, -0.1) is 5.11 Å². The lowest BCUT2D eigenvalue weighted by Crippen LogP contribution is -2.41. The van der Waals surface area contributed by atoms with Gasteiger partial charge in [-0.1, -0.05) is 39.0 Å².